The van der Waals surface area contributed by atoms with Gasteiger partial charge in [0.25, 0.3) is 22.9 Å². The number of fused-ring (bicyclic) bond motifs is 2. The van der Waals surface area contributed by atoms with Gasteiger partial charge < -0.3 is 32.3 Å². The molecular formula is C40H32Cl4N12O5. The van der Waals surface area contributed by atoms with E-state index in [4.69, 9.17) is 52.1 Å². The summed E-state index contributed by atoms with van der Waals surface area (Å²) in [7, 11) is 0. The van der Waals surface area contributed by atoms with E-state index < -0.39 is 34.3 Å². The maximum absolute atomic E-state index is 13.5. The average molecular weight is 903 g/mol. The normalized spacial score (nSPS) is 18.5. The van der Waals surface area contributed by atoms with E-state index in [1.54, 1.807) is 62.4 Å². The van der Waals surface area contributed by atoms with Gasteiger partial charge in [0.1, 0.15) is 70.0 Å². The molecule has 6 aromatic rings. The molecule has 1 aliphatic carbocycles. The van der Waals surface area contributed by atoms with Crippen molar-refractivity contribution in [1.29, 1.82) is 0 Å². The van der Waals surface area contributed by atoms with Crippen LogP contribution in [0.4, 0.5) is 34.6 Å². The minimum absolute atomic E-state index is 0.0192. The van der Waals surface area contributed by atoms with Crippen molar-refractivity contribution in [2.24, 2.45) is 5.92 Å². The van der Waals surface area contributed by atoms with Crippen LogP contribution in [-0.4, -0.2) is 46.8 Å². The van der Waals surface area contributed by atoms with Gasteiger partial charge in [-0.25, -0.2) is 19.9 Å². The van der Waals surface area contributed by atoms with E-state index in [0.717, 1.165) is 12.8 Å². The number of amides is 3. The quantitative estimate of drug-likeness (QED) is 0.0997. The smallest absolute Gasteiger partial charge is 0.277 e. The lowest BCUT2D eigenvalue weighted by Gasteiger charge is -2.28. The van der Waals surface area contributed by atoms with Crippen LogP contribution in [0.15, 0.2) is 95.0 Å². The molecule has 61 heavy (non-hydrogen) atoms. The van der Waals surface area contributed by atoms with Crippen molar-refractivity contribution < 1.29 is 14.4 Å². The van der Waals surface area contributed by atoms with E-state index in [2.05, 4.69) is 46.5 Å². The van der Waals surface area contributed by atoms with Gasteiger partial charge in [0.05, 0.1) is 10.0 Å². The van der Waals surface area contributed by atoms with E-state index in [0.29, 0.717) is 32.8 Å². The summed E-state index contributed by atoms with van der Waals surface area (Å²) in [5, 5.41) is 15.4. The minimum Gasteiger partial charge on any atom is -0.384 e. The van der Waals surface area contributed by atoms with Crippen molar-refractivity contribution in [3.8, 4) is 0 Å². The van der Waals surface area contributed by atoms with Crippen molar-refractivity contribution in [2.45, 2.75) is 38.0 Å². The SMILES string of the molecule is CC1(c2cccc(Cl)c2)NC(=O)c2c(Cl)cc(Nc3cc(N)ncn3)c(=O)n21.CC1(c2cccc(Cl)c2)NC(=O)c2c(Cl)cc(Nc3cc(NC(=O)C4CC4)ncn3)c(=O)n21. The van der Waals surface area contributed by atoms with Gasteiger partial charge in [-0.05, 0) is 74.2 Å². The fourth-order valence-electron chi connectivity index (χ4n) is 7.07. The molecule has 9 rings (SSSR count). The Bertz CT molecular complexity index is 2940. The number of hydrogen-bond donors (Lipinski definition) is 6. The molecule has 4 aromatic heterocycles. The molecule has 2 aromatic carbocycles. The lowest BCUT2D eigenvalue weighted by molar-refractivity contribution is -0.117. The van der Waals surface area contributed by atoms with Crippen LogP contribution in [0.5, 0.6) is 0 Å². The highest BCUT2D eigenvalue weighted by Crippen LogP contribution is 2.36. The highest BCUT2D eigenvalue weighted by molar-refractivity contribution is 6.34. The van der Waals surface area contributed by atoms with Crippen LogP contribution in [0.25, 0.3) is 0 Å². The third-order valence-electron chi connectivity index (χ3n) is 10.2. The van der Waals surface area contributed by atoms with Gasteiger partial charge in [-0.3, -0.25) is 33.1 Å². The van der Waals surface area contributed by atoms with Crippen LogP contribution in [0.1, 0.15) is 58.8 Å². The number of halogens is 4. The predicted octanol–water partition coefficient (Wildman–Crippen LogP) is 6.24. The number of rotatable bonds is 8. The predicted molar refractivity (Wildman–Crippen MR) is 231 cm³/mol. The molecule has 0 spiro atoms. The number of carbonyl (C=O) groups is 3. The summed E-state index contributed by atoms with van der Waals surface area (Å²) >= 11 is 25.0. The van der Waals surface area contributed by atoms with Crippen LogP contribution in [-0.2, 0) is 16.1 Å². The van der Waals surface area contributed by atoms with Gasteiger partial charge in [-0.15, -0.1) is 0 Å². The summed E-state index contributed by atoms with van der Waals surface area (Å²) in [6, 6.07) is 19.5. The van der Waals surface area contributed by atoms with Gasteiger partial charge in [-0.1, -0.05) is 70.7 Å². The fraction of sp³-hybridized carbons (Fsp3) is 0.175. The van der Waals surface area contributed by atoms with E-state index >= 15 is 0 Å². The number of carbonyl (C=O) groups excluding carboxylic acids is 3. The highest BCUT2D eigenvalue weighted by Gasteiger charge is 2.44. The van der Waals surface area contributed by atoms with E-state index in [1.807, 2.05) is 0 Å². The number of aromatic nitrogens is 6. The molecule has 1 fully saturated rings. The van der Waals surface area contributed by atoms with Crippen LogP contribution in [0.2, 0.25) is 20.1 Å². The lowest BCUT2D eigenvalue weighted by Crippen LogP contribution is -2.46. The highest BCUT2D eigenvalue weighted by atomic mass is 35.5. The Labute approximate surface area is 365 Å². The maximum Gasteiger partial charge on any atom is 0.277 e. The van der Waals surface area contributed by atoms with Gasteiger partial charge in [0.2, 0.25) is 5.91 Å². The molecule has 3 aliphatic rings. The molecular weight excluding hydrogens is 870 g/mol. The Balaban J connectivity index is 0.000000171. The molecule has 2 atom stereocenters. The van der Waals surface area contributed by atoms with Gasteiger partial charge >= 0.3 is 0 Å². The number of pyridine rings is 2. The second-order valence-electron chi connectivity index (χ2n) is 14.5. The second kappa shape index (κ2) is 15.8. The largest absolute Gasteiger partial charge is 0.384 e. The van der Waals surface area contributed by atoms with E-state index in [1.165, 1.54) is 46.1 Å². The third kappa shape index (κ3) is 7.83. The number of nitrogens with two attached hydrogens (primary N) is 1. The molecule has 310 valence electrons. The zero-order valence-electron chi connectivity index (χ0n) is 31.9. The molecule has 21 heteroatoms. The second-order valence-corrected chi connectivity index (χ2v) is 16.2. The van der Waals surface area contributed by atoms with E-state index in [-0.39, 0.29) is 56.3 Å². The fourth-order valence-corrected chi connectivity index (χ4v) is 8.01. The molecule has 6 heterocycles. The lowest BCUT2D eigenvalue weighted by atomic mass is 10.0. The first-order valence-electron chi connectivity index (χ1n) is 18.4. The van der Waals surface area contributed by atoms with Crippen molar-refractivity contribution in [1.82, 2.24) is 39.7 Å². The third-order valence-corrected chi connectivity index (χ3v) is 11.2. The molecule has 2 aliphatic heterocycles. The van der Waals surface area contributed by atoms with Gasteiger partial charge in [-0.2, -0.15) is 0 Å². The summed E-state index contributed by atoms with van der Waals surface area (Å²) in [5.74, 6) is 0.158. The topological polar surface area (TPSA) is 233 Å². The zero-order valence-corrected chi connectivity index (χ0v) is 34.9. The number of benzene rings is 2. The maximum atomic E-state index is 13.5. The number of hydrogen-bond acceptors (Lipinski definition) is 12. The molecule has 0 saturated heterocycles. The average Bonchev–Trinajstić information content (AvgIpc) is 3.97. The van der Waals surface area contributed by atoms with Crippen LogP contribution in [0, 0.1) is 5.92 Å². The molecule has 2 unspecified atom stereocenters. The molecule has 1 saturated carbocycles. The number of anilines is 6. The summed E-state index contributed by atoms with van der Waals surface area (Å²) < 4.78 is 2.62. The number of nitrogen functional groups attached to an aromatic ring is 1. The summed E-state index contributed by atoms with van der Waals surface area (Å²) in [4.78, 5) is 80.1. The van der Waals surface area contributed by atoms with Crippen LogP contribution in [0.3, 0.4) is 0 Å². The zero-order chi connectivity index (χ0) is 43.4. The van der Waals surface area contributed by atoms with Gasteiger partial charge in [0.15, 0.2) is 0 Å². The number of nitrogens with zero attached hydrogens (tertiary/aromatic N) is 6. The van der Waals surface area contributed by atoms with Crippen molar-refractivity contribution in [3.63, 3.8) is 0 Å². The van der Waals surface area contributed by atoms with Crippen LogP contribution >= 0.6 is 46.4 Å². The Hall–Kier alpha value is -6.53. The Morgan fingerprint density at radius 1 is 0.672 bits per heavy atom. The molecule has 0 bridgehead atoms. The Morgan fingerprint density at radius 2 is 1.13 bits per heavy atom. The molecule has 3 amide bonds. The van der Waals surface area contributed by atoms with Crippen molar-refractivity contribution in [2.75, 3.05) is 21.7 Å². The monoisotopic (exact) mass is 900 g/mol. The number of nitrogens with one attached hydrogen (secondary N) is 5. The van der Waals surface area contributed by atoms with Crippen molar-refractivity contribution in [3.05, 3.63) is 149 Å². The summed E-state index contributed by atoms with van der Waals surface area (Å²) in [5.41, 5.74) is 3.94. The van der Waals surface area contributed by atoms with Crippen LogP contribution < -0.4 is 43.4 Å². The molecule has 0 radical (unpaired) electrons. The first-order chi connectivity index (χ1) is 29.0. The molecule has 7 N–H and O–H groups in total. The summed E-state index contributed by atoms with van der Waals surface area (Å²) in [6.07, 6.45) is 4.28. The first-order valence-corrected chi connectivity index (χ1v) is 19.9. The minimum atomic E-state index is -1.20. The summed E-state index contributed by atoms with van der Waals surface area (Å²) in [6.45, 7) is 3.40. The van der Waals surface area contributed by atoms with Gasteiger partial charge in [0, 0.05) is 28.1 Å². The standard InChI is InChI=1S/C22H18Cl2N6O3.C18H14Cl2N6O2/c1-22(12-3-2-4-13(23)7-12)29-20(32)18-14(24)8-15(21(33)30(18)22)27-16-9-17(26-10-25-16)28-19(31)11-5-6-11;1-18(9-3-2-4-10(19)5-9)25-16(27)15-11(20)6-12(17(28)26(15)18)24-14-7-13(21)22-8-23-14/h2-4,7-11H,5-6H2,1H3,(H,29,32)(H2,25,26,27,28,31);2-8H,1H3,(H,25,27)(H3,21,22,23,24). The Kier molecular flexibility index (Phi) is 10.7. The molecule has 17 nitrogen and oxygen atoms in total. The van der Waals surface area contributed by atoms with E-state index in [9.17, 15) is 24.0 Å². The van der Waals surface area contributed by atoms with Crippen molar-refractivity contribution >= 4 is 98.8 Å². The Morgan fingerprint density at radius 3 is 1.59 bits per heavy atom. The first kappa shape index (κ1) is 41.2.